The van der Waals surface area contributed by atoms with Crippen molar-refractivity contribution in [3.05, 3.63) is 29.8 Å². The topological polar surface area (TPSA) is 66.0 Å². The lowest BCUT2D eigenvalue weighted by Crippen LogP contribution is -2.16. The molecule has 0 amide bonds. The quantitative estimate of drug-likeness (QED) is 0.869. The van der Waals surface area contributed by atoms with Crippen LogP contribution in [0.25, 0.3) is 0 Å². The molecule has 100 valence electrons. The van der Waals surface area contributed by atoms with Crippen molar-refractivity contribution in [3.63, 3.8) is 0 Å². The second kappa shape index (κ2) is 5.13. The maximum absolute atomic E-state index is 5.68. The zero-order chi connectivity index (χ0) is 13.2. The summed E-state index contributed by atoms with van der Waals surface area (Å²) in [5.74, 6) is 2.92. The Bertz CT molecular complexity index is 584. The first-order chi connectivity index (χ1) is 9.25. The summed E-state index contributed by atoms with van der Waals surface area (Å²) in [4.78, 5) is 0. The van der Waals surface area contributed by atoms with Gasteiger partial charge < -0.3 is 10.5 Å². The molecule has 0 saturated carbocycles. The average Bonchev–Trinajstić information content (AvgIpc) is 2.76. The van der Waals surface area contributed by atoms with Gasteiger partial charge in [-0.15, -0.1) is 10.2 Å². The maximum atomic E-state index is 5.68. The molecule has 6 heteroatoms. The summed E-state index contributed by atoms with van der Waals surface area (Å²) < 4.78 is 7.49. The van der Waals surface area contributed by atoms with Crippen molar-refractivity contribution in [2.24, 2.45) is 7.05 Å². The minimum atomic E-state index is 0.454. The first-order valence-corrected chi connectivity index (χ1v) is 7.23. The second-order valence-electron chi connectivity index (χ2n) is 4.58. The van der Waals surface area contributed by atoms with E-state index in [0.29, 0.717) is 11.9 Å². The average molecular weight is 276 g/mol. The molecule has 1 unspecified atom stereocenters. The van der Waals surface area contributed by atoms with E-state index in [1.54, 1.807) is 11.8 Å². The molecular formula is C13H16N4OS. The molecule has 1 aromatic carbocycles. The molecule has 0 spiro atoms. The number of rotatable bonds is 3. The molecule has 19 heavy (non-hydrogen) atoms. The lowest BCUT2D eigenvalue weighted by Gasteiger charge is -2.25. The molecule has 0 saturated heterocycles. The fraction of sp³-hybridized carbons (Fsp3) is 0.385. The van der Waals surface area contributed by atoms with Gasteiger partial charge in [0.2, 0.25) is 5.95 Å². The molecule has 2 aromatic rings. The van der Waals surface area contributed by atoms with Crippen LogP contribution in [0.5, 0.6) is 5.75 Å². The van der Waals surface area contributed by atoms with Gasteiger partial charge in [-0.25, -0.2) is 0 Å². The molecule has 1 aliphatic heterocycles. The van der Waals surface area contributed by atoms with E-state index in [0.717, 1.165) is 29.7 Å². The van der Waals surface area contributed by atoms with Crippen LogP contribution in [-0.2, 0) is 7.05 Å². The van der Waals surface area contributed by atoms with Crippen molar-refractivity contribution in [2.45, 2.75) is 17.5 Å². The van der Waals surface area contributed by atoms with E-state index in [-0.39, 0.29) is 0 Å². The Hall–Kier alpha value is -1.69. The molecule has 1 aliphatic rings. The molecule has 0 radical (unpaired) electrons. The normalized spacial score (nSPS) is 17.8. The lowest BCUT2D eigenvalue weighted by atomic mass is 9.95. The molecule has 0 fully saturated rings. The van der Waals surface area contributed by atoms with E-state index in [1.165, 1.54) is 5.56 Å². The van der Waals surface area contributed by atoms with Crippen LogP contribution in [0.3, 0.4) is 0 Å². The molecule has 0 aliphatic carbocycles. The molecule has 1 atom stereocenters. The first kappa shape index (κ1) is 12.3. The summed E-state index contributed by atoms with van der Waals surface area (Å²) in [5.41, 5.74) is 6.97. The zero-order valence-electron chi connectivity index (χ0n) is 10.7. The number of benzene rings is 1. The molecule has 3 rings (SSSR count). The van der Waals surface area contributed by atoms with Gasteiger partial charge in [-0.3, -0.25) is 4.57 Å². The number of para-hydroxylation sites is 1. The second-order valence-corrected chi connectivity index (χ2v) is 5.57. The minimum absolute atomic E-state index is 0.454. The highest BCUT2D eigenvalue weighted by atomic mass is 32.2. The van der Waals surface area contributed by atoms with Crippen molar-refractivity contribution in [1.82, 2.24) is 14.8 Å². The van der Waals surface area contributed by atoms with Crippen LogP contribution in [0.4, 0.5) is 5.95 Å². The minimum Gasteiger partial charge on any atom is -0.493 e. The maximum Gasteiger partial charge on any atom is 0.222 e. The first-order valence-electron chi connectivity index (χ1n) is 6.25. The van der Waals surface area contributed by atoms with Gasteiger partial charge in [-0.1, -0.05) is 30.0 Å². The van der Waals surface area contributed by atoms with E-state index >= 15 is 0 Å². The predicted octanol–water partition coefficient (Wildman–Crippen LogP) is 2.06. The fourth-order valence-corrected chi connectivity index (χ4v) is 3.30. The van der Waals surface area contributed by atoms with Crippen LogP contribution in [0, 0.1) is 0 Å². The number of fused-ring (bicyclic) bond motifs is 1. The summed E-state index contributed by atoms with van der Waals surface area (Å²) >= 11 is 1.69. The van der Waals surface area contributed by atoms with E-state index in [1.807, 2.05) is 23.7 Å². The highest BCUT2D eigenvalue weighted by Gasteiger charge is 2.21. The summed E-state index contributed by atoms with van der Waals surface area (Å²) in [6, 6.07) is 8.25. The van der Waals surface area contributed by atoms with Gasteiger partial charge in [0.15, 0.2) is 5.16 Å². The molecular weight excluding hydrogens is 260 g/mol. The number of hydrogen-bond acceptors (Lipinski definition) is 5. The summed E-state index contributed by atoms with van der Waals surface area (Å²) in [7, 11) is 1.88. The third-order valence-corrected chi connectivity index (χ3v) is 4.55. The SMILES string of the molecule is Cn1c(N)nnc1SCC1CCOc2ccccc21. The monoisotopic (exact) mass is 276 g/mol. The number of nitrogens with zero attached hydrogens (tertiary/aromatic N) is 3. The summed E-state index contributed by atoms with van der Waals surface area (Å²) in [6.07, 6.45) is 1.04. The number of thioether (sulfide) groups is 1. The van der Waals surface area contributed by atoms with Crippen LogP contribution < -0.4 is 10.5 Å². The van der Waals surface area contributed by atoms with Crippen molar-refractivity contribution in [2.75, 3.05) is 18.1 Å². The van der Waals surface area contributed by atoms with Crippen LogP contribution in [-0.4, -0.2) is 27.1 Å². The Kier molecular flexibility index (Phi) is 3.33. The van der Waals surface area contributed by atoms with Gasteiger partial charge in [-0.2, -0.15) is 0 Å². The van der Waals surface area contributed by atoms with E-state index in [2.05, 4.69) is 22.3 Å². The van der Waals surface area contributed by atoms with Gasteiger partial charge in [0.25, 0.3) is 0 Å². The highest BCUT2D eigenvalue weighted by molar-refractivity contribution is 7.99. The van der Waals surface area contributed by atoms with Gasteiger partial charge in [0.1, 0.15) is 5.75 Å². The van der Waals surface area contributed by atoms with Gasteiger partial charge in [0, 0.05) is 18.7 Å². The summed E-state index contributed by atoms with van der Waals surface area (Å²) in [5, 5.41) is 8.81. The molecule has 5 nitrogen and oxygen atoms in total. The number of nitrogens with two attached hydrogens (primary N) is 1. The number of aromatic nitrogens is 3. The van der Waals surface area contributed by atoms with Gasteiger partial charge in [0.05, 0.1) is 6.61 Å². The highest BCUT2D eigenvalue weighted by Crippen LogP contribution is 2.36. The third kappa shape index (κ3) is 2.40. The van der Waals surface area contributed by atoms with Crippen LogP contribution in [0.15, 0.2) is 29.4 Å². The van der Waals surface area contributed by atoms with Gasteiger partial charge in [-0.05, 0) is 18.1 Å². The van der Waals surface area contributed by atoms with E-state index < -0.39 is 0 Å². The molecule has 0 bridgehead atoms. The Labute approximate surface area is 116 Å². The summed E-state index contributed by atoms with van der Waals surface area (Å²) in [6.45, 7) is 0.781. The number of hydrogen-bond donors (Lipinski definition) is 1. The van der Waals surface area contributed by atoms with Crippen LogP contribution in [0.2, 0.25) is 0 Å². The molecule has 2 N–H and O–H groups in total. The van der Waals surface area contributed by atoms with Crippen molar-refractivity contribution >= 4 is 17.7 Å². The van der Waals surface area contributed by atoms with Crippen molar-refractivity contribution in [1.29, 1.82) is 0 Å². The van der Waals surface area contributed by atoms with Gasteiger partial charge >= 0.3 is 0 Å². The smallest absolute Gasteiger partial charge is 0.222 e. The van der Waals surface area contributed by atoms with Crippen LogP contribution in [0.1, 0.15) is 17.9 Å². The Morgan fingerprint density at radius 1 is 1.42 bits per heavy atom. The Morgan fingerprint density at radius 2 is 2.26 bits per heavy atom. The number of nitrogen functional groups attached to an aromatic ring is 1. The Morgan fingerprint density at radius 3 is 3.05 bits per heavy atom. The molecule has 2 heterocycles. The van der Waals surface area contributed by atoms with E-state index in [4.69, 9.17) is 10.5 Å². The largest absolute Gasteiger partial charge is 0.493 e. The van der Waals surface area contributed by atoms with Crippen molar-refractivity contribution < 1.29 is 4.74 Å². The number of ether oxygens (including phenoxy) is 1. The predicted molar refractivity (Wildman–Crippen MR) is 75.4 cm³/mol. The van der Waals surface area contributed by atoms with Crippen LogP contribution >= 0.6 is 11.8 Å². The fourth-order valence-electron chi connectivity index (χ4n) is 2.22. The van der Waals surface area contributed by atoms with Crippen molar-refractivity contribution in [3.8, 4) is 5.75 Å². The Balaban J connectivity index is 1.73. The number of anilines is 1. The third-order valence-electron chi connectivity index (χ3n) is 3.36. The van der Waals surface area contributed by atoms with E-state index in [9.17, 15) is 0 Å². The molecule has 1 aromatic heterocycles. The standard InChI is InChI=1S/C13H16N4OS/c1-17-12(14)15-16-13(17)19-8-9-6-7-18-11-5-3-2-4-10(9)11/h2-5,9H,6-8H2,1H3,(H2,14,15). The lowest BCUT2D eigenvalue weighted by molar-refractivity contribution is 0.273. The zero-order valence-corrected chi connectivity index (χ0v) is 11.6.